The summed E-state index contributed by atoms with van der Waals surface area (Å²) in [6.45, 7) is 8.54. The summed E-state index contributed by atoms with van der Waals surface area (Å²) in [5, 5.41) is 0. The van der Waals surface area contributed by atoms with Crippen LogP contribution >= 0.6 is 0 Å². The van der Waals surface area contributed by atoms with Gasteiger partial charge in [0.05, 0.1) is 5.60 Å². The average molecular weight is 261 g/mol. The molecule has 0 N–H and O–H groups in total. The molecule has 1 aromatic rings. The van der Waals surface area contributed by atoms with Crippen LogP contribution in [-0.4, -0.2) is 24.2 Å². The second kappa shape index (κ2) is 5.33. The number of hydrogen-bond acceptors (Lipinski definition) is 2. The Bertz CT molecular complexity index is 462. The Kier molecular flexibility index (Phi) is 3.95. The van der Waals surface area contributed by atoms with E-state index in [1.807, 2.05) is 50.8 Å². The highest BCUT2D eigenvalue weighted by Crippen LogP contribution is 2.28. The summed E-state index contributed by atoms with van der Waals surface area (Å²) < 4.78 is 5.78. The molecule has 104 valence electrons. The van der Waals surface area contributed by atoms with E-state index in [4.69, 9.17) is 4.74 Å². The number of carbonyl (C=O) groups is 1. The van der Waals surface area contributed by atoms with E-state index in [-0.39, 0.29) is 11.5 Å². The topological polar surface area (TPSA) is 29.5 Å². The molecule has 0 fully saturated rings. The fourth-order valence-electron chi connectivity index (χ4n) is 2.56. The van der Waals surface area contributed by atoms with Crippen molar-refractivity contribution in [2.24, 2.45) is 0 Å². The molecule has 1 aromatic carbocycles. The molecule has 19 heavy (non-hydrogen) atoms. The third-order valence-corrected chi connectivity index (χ3v) is 3.25. The Morgan fingerprint density at radius 2 is 2.00 bits per heavy atom. The van der Waals surface area contributed by atoms with Crippen molar-refractivity contribution in [3.8, 4) is 0 Å². The van der Waals surface area contributed by atoms with Gasteiger partial charge >= 0.3 is 0 Å². The molecule has 0 bridgehead atoms. The number of hydrogen-bond donors (Lipinski definition) is 0. The molecule has 0 spiro atoms. The second-order valence-electron chi connectivity index (χ2n) is 6.09. The molecule has 3 nitrogen and oxygen atoms in total. The summed E-state index contributed by atoms with van der Waals surface area (Å²) in [7, 11) is 0. The molecule has 1 aliphatic heterocycles. The third kappa shape index (κ3) is 3.35. The van der Waals surface area contributed by atoms with E-state index in [2.05, 4.69) is 6.07 Å². The summed E-state index contributed by atoms with van der Waals surface area (Å²) >= 11 is 0. The first kappa shape index (κ1) is 14.1. The number of anilines is 1. The van der Waals surface area contributed by atoms with Crippen molar-refractivity contribution in [2.45, 2.75) is 52.2 Å². The maximum Gasteiger partial charge on any atom is 0.255 e. The number of nitrogens with zero attached hydrogens (tertiary/aromatic N) is 1. The van der Waals surface area contributed by atoms with Gasteiger partial charge in [-0.1, -0.05) is 18.2 Å². The maximum atomic E-state index is 12.5. The quantitative estimate of drug-likeness (QED) is 0.818. The minimum Gasteiger partial charge on any atom is -0.363 e. The number of para-hydroxylation sites is 1. The first-order valence-electron chi connectivity index (χ1n) is 6.95. The third-order valence-electron chi connectivity index (χ3n) is 3.25. The van der Waals surface area contributed by atoms with Gasteiger partial charge in [0.1, 0.15) is 6.10 Å². The van der Waals surface area contributed by atoms with Gasteiger partial charge in [-0.05, 0) is 52.2 Å². The van der Waals surface area contributed by atoms with Gasteiger partial charge in [-0.15, -0.1) is 0 Å². The molecule has 0 saturated carbocycles. The van der Waals surface area contributed by atoms with Crippen molar-refractivity contribution in [3.63, 3.8) is 0 Å². The lowest BCUT2D eigenvalue weighted by molar-refractivity contribution is -0.137. The van der Waals surface area contributed by atoms with Crippen molar-refractivity contribution >= 4 is 11.6 Å². The Hall–Kier alpha value is -1.35. The first-order chi connectivity index (χ1) is 8.88. The Labute approximate surface area is 115 Å². The minimum absolute atomic E-state index is 0.0575. The summed E-state index contributed by atoms with van der Waals surface area (Å²) in [5.41, 5.74) is 2.00. The van der Waals surface area contributed by atoms with Crippen LogP contribution in [0.2, 0.25) is 0 Å². The lowest BCUT2D eigenvalue weighted by Crippen LogP contribution is -2.44. The van der Waals surface area contributed by atoms with Crippen LogP contribution in [-0.2, 0) is 16.0 Å². The van der Waals surface area contributed by atoms with Crippen LogP contribution in [0.1, 0.15) is 39.7 Å². The van der Waals surface area contributed by atoms with Gasteiger partial charge in [-0.2, -0.15) is 0 Å². The van der Waals surface area contributed by atoms with E-state index in [0.717, 1.165) is 25.1 Å². The zero-order valence-electron chi connectivity index (χ0n) is 12.3. The van der Waals surface area contributed by atoms with Crippen LogP contribution in [0.4, 0.5) is 5.69 Å². The highest BCUT2D eigenvalue weighted by molar-refractivity contribution is 5.97. The van der Waals surface area contributed by atoms with Gasteiger partial charge in [0.25, 0.3) is 5.91 Å². The normalized spacial score (nSPS) is 16.9. The summed E-state index contributed by atoms with van der Waals surface area (Å²) in [4.78, 5) is 14.4. The molecule has 3 heteroatoms. The number of benzene rings is 1. The maximum absolute atomic E-state index is 12.5. The van der Waals surface area contributed by atoms with E-state index in [0.29, 0.717) is 0 Å². The van der Waals surface area contributed by atoms with Crippen molar-refractivity contribution < 1.29 is 9.53 Å². The predicted molar refractivity (Wildman–Crippen MR) is 77.4 cm³/mol. The molecule has 1 atom stereocenters. The fraction of sp³-hybridized carbons (Fsp3) is 0.562. The minimum atomic E-state index is -0.411. The van der Waals surface area contributed by atoms with E-state index in [1.165, 1.54) is 5.56 Å². The monoisotopic (exact) mass is 261 g/mol. The molecular formula is C16H23NO2. The van der Waals surface area contributed by atoms with Crippen LogP contribution < -0.4 is 4.90 Å². The summed E-state index contributed by atoms with van der Waals surface area (Å²) in [5.74, 6) is 0.0575. The molecule has 0 radical (unpaired) electrons. The zero-order chi connectivity index (χ0) is 14.0. The molecule has 2 rings (SSSR count). The molecule has 1 amide bonds. The molecule has 0 aromatic heterocycles. The number of ether oxygens (including phenoxy) is 1. The number of amides is 1. The summed E-state index contributed by atoms with van der Waals surface area (Å²) in [6, 6.07) is 8.14. The van der Waals surface area contributed by atoms with Crippen molar-refractivity contribution in [1.82, 2.24) is 0 Å². The summed E-state index contributed by atoms with van der Waals surface area (Å²) in [6.07, 6.45) is 1.66. The SMILES string of the molecule is CC(OC(C)(C)C)C(=O)N1CCCc2ccccc21. The largest absolute Gasteiger partial charge is 0.363 e. The fourth-order valence-corrected chi connectivity index (χ4v) is 2.56. The van der Waals surface area contributed by atoms with E-state index >= 15 is 0 Å². The van der Waals surface area contributed by atoms with Gasteiger partial charge < -0.3 is 9.64 Å². The van der Waals surface area contributed by atoms with Crippen LogP contribution in [0.25, 0.3) is 0 Å². The average Bonchev–Trinajstić information content (AvgIpc) is 2.35. The number of fused-ring (bicyclic) bond motifs is 1. The van der Waals surface area contributed by atoms with Gasteiger partial charge in [-0.25, -0.2) is 0 Å². The van der Waals surface area contributed by atoms with Crippen molar-refractivity contribution in [1.29, 1.82) is 0 Å². The number of carbonyl (C=O) groups excluding carboxylic acids is 1. The Morgan fingerprint density at radius 3 is 2.68 bits per heavy atom. The Morgan fingerprint density at radius 1 is 1.32 bits per heavy atom. The first-order valence-corrected chi connectivity index (χ1v) is 6.95. The lowest BCUT2D eigenvalue weighted by atomic mass is 10.0. The zero-order valence-corrected chi connectivity index (χ0v) is 12.3. The van der Waals surface area contributed by atoms with Gasteiger partial charge in [-0.3, -0.25) is 4.79 Å². The van der Waals surface area contributed by atoms with E-state index < -0.39 is 6.10 Å². The van der Waals surface area contributed by atoms with Gasteiger partial charge in [0, 0.05) is 12.2 Å². The van der Waals surface area contributed by atoms with Crippen LogP contribution in [0.3, 0.4) is 0 Å². The Balaban J connectivity index is 2.17. The van der Waals surface area contributed by atoms with Crippen LogP contribution in [0.5, 0.6) is 0 Å². The van der Waals surface area contributed by atoms with E-state index in [1.54, 1.807) is 0 Å². The van der Waals surface area contributed by atoms with Crippen LogP contribution in [0, 0.1) is 0 Å². The van der Waals surface area contributed by atoms with Gasteiger partial charge in [0.15, 0.2) is 0 Å². The molecule has 1 unspecified atom stereocenters. The molecule has 0 saturated heterocycles. The second-order valence-corrected chi connectivity index (χ2v) is 6.09. The highest BCUT2D eigenvalue weighted by atomic mass is 16.5. The van der Waals surface area contributed by atoms with Crippen molar-refractivity contribution in [3.05, 3.63) is 29.8 Å². The highest BCUT2D eigenvalue weighted by Gasteiger charge is 2.28. The molecule has 1 heterocycles. The molecule has 1 aliphatic rings. The van der Waals surface area contributed by atoms with E-state index in [9.17, 15) is 4.79 Å². The number of aryl methyl sites for hydroxylation is 1. The van der Waals surface area contributed by atoms with Gasteiger partial charge in [0.2, 0.25) is 0 Å². The molecule has 0 aliphatic carbocycles. The predicted octanol–water partition coefficient (Wildman–Crippen LogP) is 3.17. The number of rotatable bonds is 2. The lowest BCUT2D eigenvalue weighted by Gasteiger charge is -2.33. The van der Waals surface area contributed by atoms with Crippen LogP contribution in [0.15, 0.2) is 24.3 Å². The molecular weight excluding hydrogens is 238 g/mol. The van der Waals surface area contributed by atoms with Crippen molar-refractivity contribution in [2.75, 3.05) is 11.4 Å². The smallest absolute Gasteiger partial charge is 0.255 e. The standard InChI is InChI=1S/C16H23NO2/c1-12(19-16(2,3)4)15(18)17-11-7-9-13-8-5-6-10-14(13)17/h5-6,8,10,12H,7,9,11H2,1-4H3.